The molecule has 0 amide bonds. The second-order valence-electron chi connectivity index (χ2n) is 3.20. The molecule has 0 aliphatic carbocycles. The number of rotatable bonds is 2. The zero-order valence-corrected chi connectivity index (χ0v) is 8.37. The summed E-state index contributed by atoms with van der Waals surface area (Å²) in [5.74, 6) is -0.453. The van der Waals surface area contributed by atoms with Gasteiger partial charge in [0.2, 0.25) is 5.95 Å². The molecule has 0 aliphatic heterocycles. The number of nitrogens with zero attached hydrogens (tertiary/aromatic N) is 1. The van der Waals surface area contributed by atoms with E-state index in [4.69, 9.17) is 0 Å². The van der Waals surface area contributed by atoms with E-state index in [2.05, 4.69) is 10.3 Å². The van der Waals surface area contributed by atoms with Gasteiger partial charge in [0.25, 0.3) is 0 Å². The molecule has 0 saturated heterocycles. The molecule has 0 saturated carbocycles. The van der Waals surface area contributed by atoms with Gasteiger partial charge in [-0.3, -0.25) is 0 Å². The summed E-state index contributed by atoms with van der Waals surface area (Å²) < 4.78 is 12.6. The number of aromatic nitrogens is 1. The van der Waals surface area contributed by atoms with E-state index < -0.39 is 5.95 Å². The van der Waals surface area contributed by atoms with Crippen LogP contribution in [0.5, 0.6) is 0 Å². The summed E-state index contributed by atoms with van der Waals surface area (Å²) in [5, 5.41) is 3.04. The number of hydrogen-bond donors (Lipinski definition) is 1. The van der Waals surface area contributed by atoms with E-state index in [0.29, 0.717) is 0 Å². The lowest BCUT2D eigenvalue weighted by atomic mass is 10.1. The first-order valence-electron chi connectivity index (χ1n) is 4.69. The van der Waals surface area contributed by atoms with Crippen molar-refractivity contribution < 1.29 is 4.39 Å². The van der Waals surface area contributed by atoms with Crippen molar-refractivity contribution in [2.24, 2.45) is 0 Å². The molecule has 76 valence electrons. The highest BCUT2D eigenvalue weighted by Gasteiger charge is 1.98. The Hall–Kier alpha value is -1.90. The molecule has 1 N–H and O–H groups in total. The fourth-order valence-electron chi connectivity index (χ4n) is 1.38. The Labute approximate surface area is 87.8 Å². The highest BCUT2D eigenvalue weighted by molar-refractivity contribution is 5.64. The summed E-state index contributed by atoms with van der Waals surface area (Å²) in [6.07, 6.45) is 1.53. The molecule has 2 nitrogen and oxygen atoms in total. The molecule has 0 bridgehead atoms. The summed E-state index contributed by atoms with van der Waals surface area (Å²) >= 11 is 0. The van der Waals surface area contributed by atoms with Crippen LogP contribution in [0, 0.1) is 5.95 Å². The lowest BCUT2D eigenvalue weighted by Gasteiger charge is -2.03. The molecule has 0 atom stereocenters. The van der Waals surface area contributed by atoms with Crippen molar-refractivity contribution in [3.8, 4) is 11.1 Å². The molecule has 0 aliphatic rings. The third-order valence-corrected chi connectivity index (χ3v) is 2.23. The van der Waals surface area contributed by atoms with Crippen LogP contribution in [0.3, 0.4) is 0 Å². The molecule has 0 unspecified atom stereocenters. The number of anilines is 1. The summed E-state index contributed by atoms with van der Waals surface area (Å²) in [5.41, 5.74) is 2.99. The van der Waals surface area contributed by atoms with Gasteiger partial charge in [-0.25, -0.2) is 4.98 Å². The Morgan fingerprint density at radius 1 is 1.00 bits per heavy atom. The molecular weight excluding hydrogens is 191 g/mol. The van der Waals surface area contributed by atoms with Gasteiger partial charge in [0.1, 0.15) is 0 Å². The number of pyridine rings is 1. The van der Waals surface area contributed by atoms with Gasteiger partial charge in [-0.05, 0) is 29.8 Å². The first-order valence-corrected chi connectivity index (χ1v) is 4.69. The monoisotopic (exact) mass is 202 g/mol. The SMILES string of the molecule is CNc1ccc(-c2ccc(F)nc2)cc1. The second-order valence-corrected chi connectivity index (χ2v) is 3.20. The average Bonchev–Trinajstić information content (AvgIpc) is 2.30. The summed E-state index contributed by atoms with van der Waals surface area (Å²) in [6, 6.07) is 11.0. The largest absolute Gasteiger partial charge is 0.388 e. The lowest BCUT2D eigenvalue weighted by molar-refractivity contribution is 0.584. The van der Waals surface area contributed by atoms with Gasteiger partial charge in [-0.1, -0.05) is 12.1 Å². The third-order valence-electron chi connectivity index (χ3n) is 2.23. The van der Waals surface area contributed by atoms with Crippen molar-refractivity contribution in [3.63, 3.8) is 0 Å². The van der Waals surface area contributed by atoms with E-state index in [0.717, 1.165) is 16.8 Å². The molecule has 0 fully saturated rings. The molecule has 2 aromatic rings. The zero-order chi connectivity index (χ0) is 10.7. The highest BCUT2D eigenvalue weighted by Crippen LogP contribution is 2.20. The molecule has 1 aromatic carbocycles. The normalized spacial score (nSPS) is 10.0. The minimum absolute atomic E-state index is 0.453. The Morgan fingerprint density at radius 3 is 2.20 bits per heavy atom. The highest BCUT2D eigenvalue weighted by atomic mass is 19.1. The van der Waals surface area contributed by atoms with E-state index in [1.165, 1.54) is 12.3 Å². The molecular formula is C12H11FN2. The van der Waals surface area contributed by atoms with Crippen molar-refractivity contribution in [1.29, 1.82) is 0 Å². The van der Waals surface area contributed by atoms with Gasteiger partial charge in [-0.15, -0.1) is 0 Å². The standard InChI is InChI=1S/C12H11FN2/c1-14-11-5-2-9(3-6-11)10-4-7-12(13)15-8-10/h2-8,14H,1H3. The number of benzene rings is 1. The van der Waals surface area contributed by atoms with E-state index >= 15 is 0 Å². The Morgan fingerprint density at radius 2 is 1.67 bits per heavy atom. The molecule has 1 heterocycles. The van der Waals surface area contributed by atoms with Crippen LogP contribution in [0.25, 0.3) is 11.1 Å². The van der Waals surface area contributed by atoms with Crippen LogP contribution in [-0.4, -0.2) is 12.0 Å². The van der Waals surface area contributed by atoms with Gasteiger partial charge < -0.3 is 5.32 Å². The smallest absolute Gasteiger partial charge is 0.212 e. The van der Waals surface area contributed by atoms with Crippen LogP contribution in [-0.2, 0) is 0 Å². The predicted molar refractivity (Wildman–Crippen MR) is 59.2 cm³/mol. The van der Waals surface area contributed by atoms with E-state index in [-0.39, 0.29) is 0 Å². The van der Waals surface area contributed by atoms with Crippen LogP contribution in [0.2, 0.25) is 0 Å². The molecule has 2 rings (SSSR count). The lowest BCUT2D eigenvalue weighted by Crippen LogP contribution is -1.87. The minimum Gasteiger partial charge on any atom is -0.388 e. The van der Waals surface area contributed by atoms with Crippen LogP contribution in [0.15, 0.2) is 42.6 Å². The van der Waals surface area contributed by atoms with Gasteiger partial charge in [0.15, 0.2) is 0 Å². The zero-order valence-electron chi connectivity index (χ0n) is 8.37. The van der Waals surface area contributed by atoms with Gasteiger partial charge in [-0.2, -0.15) is 4.39 Å². The van der Waals surface area contributed by atoms with Gasteiger partial charge in [0, 0.05) is 24.5 Å². The van der Waals surface area contributed by atoms with Crippen molar-refractivity contribution in [1.82, 2.24) is 4.98 Å². The van der Waals surface area contributed by atoms with Crippen LogP contribution >= 0.6 is 0 Å². The van der Waals surface area contributed by atoms with Crippen molar-refractivity contribution in [2.45, 2.75) is 0 Å². The Balaban J connectivity index is 2.33. The van der Waals surface area contributed by atoms with Crippen LogP contribution < -0.4 is 5.32 Å². The molecule has 3 heteroatoms. The number of hydrogen-bond acceptors (Lipinski definition) is 2. The quantitative estimate of drug-likeness (QED) is 0.757. The molecule has 0 radical (unpaired) electrons. The number of halogens is 1. The average molecular weight is 202 g/mol. The third kappa shape index (κ3) is 2.13. The molecule has 1 aromatic heterocycles. The van der Waals surface area contributed by atoms with Crippen molar-refractivity contribution in [3.05, 3.63) is 48.5 Å². The predicted octanol–water partition coefficient (Wildman–Crippen LogP) is 2.93. The first-order chi connectivity index (χ1) is 7.29. The maximum absolute atomic E-state index is 12.6. The Bertz CT molecular complexity index is 434. The summed E-state index contributed by atoms with van der Waals surface area (Å²) in [7, 11) is 1.87. The van der Waals surface area contributed by atoms with Crippen LogP contribution in [0.1, 0.15) is 0 Å². The van der Waals surface area contributed by atoms with E-state index in [1.807, 2.05) is 31.3 Å². The molecule has 15 heavy (non-hydrogen) atoms. The first kappa shape index (κ1) is 9.65. The Kier molecular flexibility index (Phi) is 2.63. The fraction of sp³-hybridized carbons (Fsp3) is 0.0833. The topological polar surface area (TPSA) is 24.9 Å². The maximum Gasteiger partial charge on any atom is 0.212 e. The van der Waals surface area contributed by atoms with E-state index in [9.17, 15) is 4.39 Å². The summed E-state index contributed by atoms with van der Waals surface area (Å²) in [6.45, 7) is 0. The second kappa shape index (κ2) is 4.09. The minimum atomic E-state index is -0.453. The van der Waals surface area contributed by atoms with Gasteiger partial charge in [0.05, 0.1) is 0 Å². The van der Waals surface area contributed by atoms with Crippen LogP contribution in [0.4, 0.5) is 10.1 Å². The molecule has 0 spiro atoms. The van der Waals surface area contributed by atoms with Gasteiger partial charge >= 0.3 is 0 Å². The number of nitrogens with one attached hydrogen (secondary N) is 1. The van der Waals surface area contributed by atoms with E-state index in [1.54, 1.807) is 6.07 Å². The van der Waals surface area contributed by atoms with Crippen molar-refractivity contribution in [2.75, 3.05) is 12.4 Å². The fourth-order valence-corrected chi connectivity index (χ4v) is 1.38. The van der Waals surface area contributed by atoms with Crippen molar-refractivity contribution >= 4 is 5.69 Å². The maximum atomic E-state index is 12.6. The summed E-state index contributed by atoms with van der Waals surface area (Å²) in [4.78, 5) is 3.62.